The Kier molecular flexibility index (Phi) is 7.41. The molecular formula is C11H19N5O10P2. The molecule has 1 atom stereocenters. The average Bonchev–Trinajstić information content (AvgIpc) is 2.92. The van der Waals surface area contributed by atoms with E-state index in [0.29, 0.717) is 5.65 Å². The maximum Gasteiger partial charge on any atom is 0.466 e. The van der Waals surface area contributed by atoms with E-state index in [2.05, 4.69) is 15.0 Å². The predicted molar refractivity (Wildman–Crippen MR) is 95.2 cm³/mol. The quantitative estimate of drug-likeness (QED) is 0.230. The van der Waals surface area contributed by atoms with Crippen LogP contribution in [0.15, 0.2) is 16.7 Å². The second-order valence-electron chi connectivity index (χ2n) is 5.85. The molecule has 15 nitrogen and oxygen atoms in total. The number of nitrogens with one attached hydrogen (secondary N) is 1. The molecule has 1 fully saturated rings. The number of fused-ring (bicyclic) bond motifs is 1. The first kappa shape index (κ1) is 24.1. The molecule has 2 heterocycles. The van der Waals surface area contributed by atoms with E-state index in [1.807, 2.05) is 13.1 Å². The lowest BCUT2D eigenvalue weighted by Gasteiger charge is -2.00. The van der Waals surface area contributed by atoms with Crippen LogP contribution in [0.2, 0.25) is 0 Å². The Bertz CT molecular complexity index is 984. The highest BCUT2D eigenvalue weighted by atomic mass is 31.2. The minimum Gasteiger partial charge on any atom is -0.395 e. The molecule has 1 aliphatic carbocycles. The minimum absolute atomic E-state index is 0.0633. The van der Waals surface area contributed by atoms with Crippen LogP contribution in [0.4, 0.5) is 5.95 Å². The Balaban J connectivity index is 0.000000329. The van der Waals surface area contributed by atoms with Crippen molar-refractivity contribution in [3.63, 3.8) is 0 Å². The zero-order valence-electron chi connectivity index (χ0n) is 14.2. The van der Waals surface area contributed by atoms with E-state index in [4.69, 9.17) is 44.2 Å². The fourth-order valence-corrected chi connectivity index (χ4v) is 1.94. The van der Waals surface area contributed by atoms with Crippen LogP contribution >= 0.6 is 15.6 Å². The van der Waals surface area contributed by atoms with Gasteiger partial charge < -0.3 is 40.2 Å². The van der Waals surface area contributed by atoms with E-state index >= 15 is 0 Å². The van der Waals surface area contributed by atoms with Crippen LogP contribution in [0, 0.1) is 5.41 Å². The SMILES string of the molecule is C[C@]1(CO)C/C1=C/n1cnc2c(=O)[nH]c(N)nc21.O=P(O)(O)O.O=P(O)(O)O. The first-order valence-corrected chi connectivity index (χ1v) is 10.3. The summed E-state index contributed by atoms with van der Waals surface area (Å²) in [6.45, 7) is 2.09. The number of nitrogens with two attached hydrogens (primary N) is 1. The first-order chi connectivity index (χ1) is 12.5. The number of H-pyrrole nitrogens is 1. The van der Waals surface area contributed by atoms with Crippen molar-refractivity contribution in [2.45, 2.75) is 13.3 Å². The number of rotatable bonds is 2. The van der Waals surface area contributed by atoms with Gasteiger partial charge in [0.15, 0.2) is 11.2 Å². The molecule has 158 valence electrons. The Hall–Kier alpha value is -1.93. The van der Waals surface area contributed by atoms with Crippen LogP contribution < -0.4 is 11.3 Å². The minimum atomic E-state index is -4.64. The van der Waals surface area contributed by atoms with Gasteiger partial charge in [0, 0.05) is 11.6 Å². The normalized spacial score (nSPS) is 20.2. The van der Waals surface area contributed by atoms with Crippen molar-refractivity contribution in [3.8, 4) is 0 Å². The monoisotopic (exact) mass is 443 g/mol. The van der Waals surface area contributed by atoms with Gasteiger partial charge >= 0.3 is 15.6 Å². The lowest BCUT2D eigenvalue weighted by atomic mass is 10.1. The first-order valence-electron chi connectivity index (χ1n) is 7.14. The van der Waals surface area contributed by atoms with Crippen molar-refractivity contribution < 1.29 is 43.6 Å². The fraction of sp³-hybridized carbons (Fsp3) is 0.364. The summed E-state index contributed by atoms with van der Waals surface area (Å²) in [5.74, 6) is 0.0633. The third-order valence-electron chi connectivity index (χ3n) is 3.33. The Morgan fingerprint density at radius 2 is 1.75 bits per heavy atom. The number of aliphatic hydroxyl groups excluding tert-OH is 1. The number of phosphoric acid groups is 2. The number of hydrogen-bond acceptors (Lipinski definition) is 7. The standard InChI is InChI=1S/C11H13N5O2.2H3O4P/c1-11(4-17)2-6(11)3-16-5-13-7-8(16)14-10(12)15-9(7)18;2*1-5(2,3)4/h3,5,17H,2,4H2,1H3,(H3,12,14,15,18);2*(H3,1,2,3,4)/b6-3-;;/t11-;;/m1../s1. The van der Waals surface area contributed by atoms with Gasteiger partial charge in [0.05, 0.1) is 6.61 Å². The van der Waals surface area contributed by atoms with E-state index in [1.54, 1.807) is 4.57 Å². The number of aromatic amines is 1. The molecule has 3 rings (SSSR count). The van der Waals surface area contributed by atoms with Gasteiger partial charge in [-0.15, -0.1) is 0 Å². The molecule has 10 N–H and O–H groups in total. The second kappa shape index (κ2) is 8.61. The molecule has 0 aliphatic heterocycles. The van der Waals surface area contributed by atoms with Gasteiger partial charge in [-0.1, -0.05) is 6.92 Å². The van der Waals surface area contributed by atoms with Crippen molar-refractivity contribution in [2.75, 3.05) is 12.3 Å². The van der Waals surface area contributed by atoms with Gasteiger partial charge in [0.2, 0.25) is 5.95 Å². The number of imidazole rings is 1. The average molecular weight is 443 g/mol. The van der Waals surface area contributed by atoms with Crippen LogP contribution in [-0.2, 0) is 9.13 Å². The summed E-state index contributed by atoms with van der Waals surface area (Å²) >= 11 is 0. The Morgan fingerprint density at radius 3 is 2.18 bits per heavy atom. The molecule has 0 unspecified atom stereocenters. The van der Waals surface area contributed by atoms with Crippen LogP contribution in [0.5, 0.6) is 0 Å². The Labute approximate surface area is 156 Å². The van der Waals surface area contributed by atoms with Gasteiger partial charge in [0.1, 0.15) is 6.33 Å². The molecule has 0 bridgehead atoms. The molecule has 28 heavy (non-hydrogen) atoms. The zero-order chi connectivity index (χ0) is 21.9. The van der Waals surface area contributed by atoms with Crippen LogP contribution in [0.1, 0.15) is 13.3 Å². The summed E-state index contributed by atoms with van der Waals surface area (Å²) in [7, 11) is -9.28. The molecule has 2 aromatic heterocycles. The van der Waals surface area contributed by atoms with Crippen molar-refractivity contribution in [2.24, 2.45) is 5.41 Å². The number of aliphatic hydroxyl groups is 1. The second-order valence-corrected chi connectivity index (χ2v) is 7.90. The molecule has 0 spiro atoms. The summed E-state index contributed by atoms with van der Waals surface area (Å²) in [5, 5.41) is 9.21. The predicted octanol–water partition coefficient (Wildman–Crippen LogP) is -1.91. The van der Waals surface area contributed by atoms with Crippen LogP contribution in [0.3, 0.4) is 0 Å². The van der Waals surface area contributed by atoms with E-state index in [-0.39, 0.29) is 29.0 Å². The van der Waals surface area contributed by atoms with E-state index in [9.17, 15) is 9.90 Å². The maximum atomic E-state index is 11.6. The Morgan fingerprint density at radius 1 is 1.25 bits per heavy atom. The summed E-state index contributed by atoms with van der Waals surface area (Å²) in [6.07, 6.45) is 4.20. The molecular weight excluding hydrogens is 424 g/mol. The van der Waals surface area contributed by atoms with Crippen molar-refractivity contribution >= 4 is 39.0 Å². The summed E-state index contributed by atoms with van der Waals surface area (Å²) in [5.41, 5.74) is 6.79. The highest BCUT2D eigenvalue weighted by Crippen LogP contribution is 2.51. The molecule has 0 aromatic carbocycles. The maximum absolute atomic E-state index is 11.6. The number of aromatic nitrogens is 4. The molecule has 0 radical (unpaired) electrons. The number of nitrogen functional groups attached to an aromatic ring is 1. The van der Waals surface area contributed by atoms with Gasteiger partial charge in [0.25, 0.3) is 5.56 Å². The van der Waals surface area contributed by atoms with Gasteiger partial charge in [-0.25, -0.2) is 14.1 Å². The summed E-state index contributed by atoms with van der Waals surface area (Å²) in [4.78, 5) is 65.2. The third kappa shape index (κ3) is 8.39. The molecule has 17 heteroatoms. The highest BCUT2D eigenvalue weighted by molar-refractivity contribution is 7.45. The highest BCUT2D eigenvalue weighted by Gasteiger charge is 2.43. The number of anilines is 1. The third-order valence-corrected chi connectivity index (χ3v) is 3.33. The van der Waals surface area contributed by atoms with E-state index in [1.165, 1.54) is 6.33 Å². The van der Waals surface area contributed by atoms with Crippen LogP contribution in [0.25, 0.3) is 17.4 Å². The lowest BCUT2D eigenvalue weighted by molar-refractivity contribution is 0.233. The number of hydrogen-bond donors (Lipinski definition) is 9. The fourth-order valence-electron chi connectivity index (χ4n) is 1.94. The smallest absolute Gasteiger partial charge is 0.395 e. The van der Waals surface area contributed by atoms with Crippen molar-refractivity contribution in [1.82, 2.24) is 19.5 Å². The molecule has 1 aliphatic rings. The van der Waals surface area contributed by atoms with Gasteiger partial charge in [-0.05, 0) is 12.0 Å². The largest absolute Gasteiger partial charge is 0.466 e. The molecule has 1 saturated carbocycles. The van der Waals surface area contributed by atoms with E-state index in [0.717, 1.165) is 12.0 Å². The lowest BCUT2D eigenvalue weighted by Crippen LogP contribution is -2.11. The van der Waals surface area contributed by atoms with E-state index < -0.39 is 15.6 Å². The van der Waals surface area contributed by atoms with Crippen molar-refractivity contribution in [1.29, 1.82) is 0 Å². The number of nitrogens with zero attached hydrogens (tertiary/aromatic N) is 3. The summed E-state index contributed by atoms with van der Waals surface area (Å²) in [6, 6.07) is 0. The zero-order valence-corrected chi connectivity index (χ0v) is 16.0. The topological polar surface area (TPSA) is 265 Å². The van der Waals surface area contributed by atoms with Crippen LogP contribution in [-0.4, -0.2) is 60.6 Å². The van der Waals surface area contributed by atoms with Gasteiger partial charge in [-0.2, -0.15) is 4.98 Å². The summed E-state index contributed by atoms with van der Waals surface area (Å²) < 4.78 is 19.4. The molecule has 2 aromatic rings. The van der Waals surface area contributed by atoms with Gasteiger partial charge in [-0.3, -0.25) is 14.3 Å². The van der Waals surface area contributed by atoms with Crippen molar-refractivity contribution in [3.05, 3.63) is 22.3 Å². The molecule has 0 amide bonds. The molecule has 0 saturated heterocycles.